The average Bonchev–Trinajstić information content (AvgIpc) is 3.37. The molecule has 4 rings (SSSR count). The summed E-state index contributed by atoms with van der Waals surface area (Å²) in [5, 5.41) is 8.11. The van der Waals surface area contributed by atoms with Gasteiger partial charge in [0, 0.05) is 48.6 Å². The molecule has 4 aliphatic heterocycles. The lowest BCUT2D eigenvalue weighted by atomic mass is 10.6. The van der Waals surface area contributed by atoms with Gasteiger partial charge in [-0.05, 0) is 0 Å². The van der Waals surface area contributed by atoms with Crippen LogP contribution in [0, 0.1) is 0 Å². The fraction of sp³-hybridized carbons (Fsp3) is 0.111. The molecular weight excluding hydrogens is 400 g/mol. The van der Waals surface area contributed by atoms with Crippen molar-refractivity contribution in [2.45, 2.75) is 14.9 Å². The molecular formula is C18H20N4O8. The van der Waals surface area contributed by atoms with Crippen LogP contribution in [0.3, 0.4) is 0 Å². The second-order valence-electron chi connectivity index (χ2n) is 4.75. The first-order valence-electron chi connectivity index (χ1n) is 7.28. The van der Waals surface area contributed by atoms with Crippen LogP contribution in [0.4, 0.5) is 0 Å². The topological polar surface area (TPSA) is 185 Å². The number of rotatable bonds is 0. The highest BCUT2D eigenvalue weighted by molar-refractivity contribution is 6.14. The number of hydrogen-bond donors (Lipinski definition) is 4. The predicted octanol–water partition coefficient (Wildman–Crippen LogP) is -1.93. The van der Waals surface area contributed by atoms with Gasteiger partial charge in [0.25, 0.3) is 47.3 Å². The monoisotopic (exact) mass is 420 g/mol. The predicted molar refractivity (Wildman–Crippen MR) is 103 cm³/mol. The Balaban J connectivity index is 0. The molecule has 160 valence electrons. The smallest absolute Gasteiger partial charge is 0.250 e. The van der Waals surface area contributed by atoms with E-state index in [1.807, 2.05) is 21.3 Å². The summed E-state index contributed by atoms with van der Waals surface area (Å²) in [5.74, 6) is -2.63. The van der Waals surface area contributed by atoms with Gasteiger partial charge in [-0.3, -0.25) is 59.6 Å². The van der Waals surface area contributed by atoms with Crippen LogP contribution in [0.2, 0.25) is 0 Å². The van der Waals surface area contributed by atoms with E-state index in [0.717, 1.165) is 0 Å². The zero-order valence-corrected chi connectivity index (χ0v) is 13.9. The first-order valence-corrected chi connectivity index (χ1v) is 7.28. The van der Waals surface area contributed by atoms with Crippen LogP contribution >= 0.6 is 0 Å². The molecule has 0 unspecified atom stereocenters. The summed E-state index contributed by atoms with van der Waals surface area (Å²) < 4.78 is 0. The van der Waals surface area contributed by atoms with Crippen LogP contribution < -0.4 is 21.3 Å². The van der Waals surface area contributed by atoms with Gasteiger partial charge in [-0.25, -0.2) is 0 Å². The fourth-order valence-electron chi connectivity index (χ4n) is 1.42. The van der Waals surface area contributed by atoms with Gasteiger partial charge in [0.2, 0.25) is 0 Å². The van der Waals surface area contributed by atoms with Gasteiger partial charge in [0.1, 0.15) is 0 Å². The maximum absolute atomic E-state index is 10.0. The van der Waals surface area contributed by atoms with Crippen LogP contribution in [-0.2, 0) is 38.4 Å². The SMILES string of the molecule is C.C.O=C1C=CC(=O)N1.O=C1C=CC(=O)N1.O=C1C=CC(=O)N1.O=C1C=CC(=O)N1. The van der Waals surface area contributed by atoms with Crippen LogP contribution in [0.25, 0.3) is 0 Å². The molecule has 0 fully saturated rings. The van der Waals surface area contributed by atoms with E-state index in [1.165, 1.54) is 48.6 Å². The Hall–Kier alpha value is -4.48. The van der Waals surface area contributed by atoms with Crippen molar-refractivity contribution in [1.82, 2.24) is 21.3 Å². The van der Waals surface area contributed by atoms with Crippen molar-refractivity contribution in [2.24, 2.45) is 0 Å². The molecule has 0 saturated carbocycles. The Labute approximate surface area is 171 Å². The summed E-state index contributed by atoms with van der Waals surface area (Å²) in [4.78, 5) is 80.3. The zero-order chi connectivity index (χ0) is 21.1. The number of imide groups is 4. The van der Waals surface area contributed by atoms with Crippen LogP contribution in [0.5, 0.6) is 0 Å². The number of carbonyl (C=O) groups is 8. The quantitative estimate of drug-likeness (QED) is 0.326. The second kappa shape index (κ2) is 13.7. The minimum Gasteiger partial charge on any atom is -0.289 e. The maximum atomic E-state index is 10.0. The largest absolute Gasteiger partial charge is 0.289 e. The van der Waals surface area contributed by atoms with E-state index in [1.54, 1.807) is 0 Å². The molecule has 4 aliphatic rings. The molecule has 0 atom stereocenters. The van der Waals surface area contributed by atoms with Crippen molar-refractivity contribution in [3.63, 3.8) is 0 Å². The molecule has 0 saturated heterocycles. The van der Waals surface area contributed by atoms with E-state index in [2.05, 4.69) is 0 Å². The fourth-order valence-corrected chi connectivity index (χ4v) is 1.42. The van der Waals surface area contributed by atoms with Crippen molar-refractivity contribution in [3.8, 4) is 0 Å². The summed E-state index contributed by atoms with van der Waals surface area (Å²) in [6.45, 7) is 0. The number of carbonyl (C=O) groups excluding carboxylic acids is 8. The van der Waals surface area contributed by atoms with Crippen molar-refractivity contribution >= 4 is 47.3 Å². The van der Waals surface area contributed by atoms with Crippen molar-refractivity contribution < 1.29 is 38.4 Å². The molecule has 0 aromatic heterocycles. The summed E-state index contributed by atoms with van der Waals surface area (Å²) in [7, 11) is 0. The van der Waals surface area contributed by atoms with Crippen LogP contribution in [0.1, 0.15) is 14.9 Å². The van der Waals surface area contributed by atoms with E-state index < -0.39 is 0 Å². The molecule has 0 spiro atoms. The molecule has 0 radical (unpaired) electrons. The zero-order valence-electron chi connectivity index (χ0n) is 13.9. The third-order valence-corrected chi connectivity index (χ3v) is 2.53. The molecule has 4 heterocycles. The van der Waals surface area contributed by atoms with Gasteiger partial charge in [0.05, 0.1) is 0 Å². The van der Waals surface area contributed by atoms with E-state index >= 15 is 0 Å². The molecule has 4 N–H and O–H groups in total. The summed E-state index contributed by atoms with van der Waals surface area (Å²) >= 11 is 0. The maximum Gasteiger partial charge on any atom is 0.250 e. The van der Waals surface area contributed by atoms with Gasteiger partial charge in [-0.15, -0.1) is 0 Å². The minimum atomic E-state index is -0.329. The lowest BCUT2D eigenvalue weighted by molar-refractivity contribution is -0.125. The molecule has 8 amide bonds. The lowest BCUT2D eigenvalue weighted by Crippen LogP contribution is -2.19. The Kier molecular flexibility index (Phi) is 12.6. The highest BCUT2D eigenvalue weighted by Crippen LogP contribution is 1.84. The van der Waals surface area contributed by atoms with Gasteiger partial charge < -0.3 is 0 Å². The Morgan fingerprint density at radius 3 is 0.433 bits per heavy atom. The molecule has 12 heteroatoms. The second-order valence-corrected chi connectivity index (χ2v) is 4.75. The Morgan fingerprint density at radius 2 is 0.400 bits per heavy atom. The molecule has 0 aromatic rings. The normalized spacial score (nSPS) is 16.5. The van der Waals surface area contributed by atoms with Crippen LogP contribution in [-0.4, -0.2) is 47.3 Å². The average molecular weight is 420 g/mol. The number of nitrogens with one attached hydrogen (secondary N) is 4. The third-order valence-electron chi connectivity index (χ3n) is 2.53. The summed E-state index contributed by atoms with van der Waals surface area (Å²) in [5.41, 5.74) is 0. The number of amides is 8. The van der Waals surface area contributed by atoms with Gasteiger partial charge in [-0.2, -0.15) is 0 Å². The standard InChI is InChI=1S/4C4H3NO2.2CH4/c4*6-3-1-2-4(7)5-3;;/h4*1-2H,(H,5,6,7);2*1H4. The van der Waals surface area contributed by atoms with Crippen molar-refractivity contribution in [3.05, 3.63) is 48.6 Å². The van der Waals surface area contributed by atoms with Crippen molar-refractivity contribution in [1.29, 1.82) is 0 Å². The highest BCUT2D eigenvalue weighted by Gasteiger charge is 2.08. The Morgan fingerprint density at radius 1 is 0.300 bits per heavy atom. The molecule has 0 aromatic carbocycles. The first-order chi connectivity index (χ1) is 13.2. The van der Waals surface area contributed by atoms with Gasteiger partial charge in [0.15, 0.2) is 0 Å². The minimum absolute atomic E-state index is 0. The van der Waals surface area contributed by atoms with Crippen molar-refractivity contribution in [2.75, 3.05) is 0 Å². The van der Waals surface area contributed by atoms with Gasteiger partial charge >= 0.3 is 0 Å². The summed E-state index contributed by atoms with van der Waals surface area (Å²) in [6, 6.07) is 0. The summed E-state index contributed by atoms with van der Waals surface area (Å²) in [6.07, 6.45) is 9.57. The highest BCUT2D eigenvalue weighted by atomic mass is 16.2. The molecule has 30 heavy (non-hydrogen) atoms. The molecule has 0 aliphatic carbocycles. The Bertz CT molecular complexity index is 673. The third kappa shape index (κ3) is 12.0. The molecule has 0 bridgehead atoms. The van der Waals surface area contributed by atoms with E-state index in [-0.39, 0.29) is 62.1 Å². The first kappa shape index (κ1) is 27.7. The van der Waals surface area contributed by atoms with Crippen LogP contribution in [0.15, 0.2) is 48.6 Å². The molecule has 12 nitrogen and oxygen atoms in total. The van der Waals surface area contributed by atoms with E-state index in [4.69, 9.17) is 0 Å². The lowest BCUT2D eigenvalue weighted by Gasteiger charge is -1.80. The van der Waals surface area contributed by atoms with E-state index in [9.17, 15) is 38.4 Å². The number of hydrogen-bond acceptors (Lipinski definition) is 8. The van der Waals surface area contributed by atoms with E-state index in [0.29, 0.717) is 0 Å². The van der Waals surface area contributed by atoms with Gasteiger partial charge in [-0.1, -0.05) is 14.9 Å².